The van der Waals surface area contributed by atoms with E-state index in [9.17, 15) is 4.79 Å². The van der Waals surface area contributed by atoms with Crippen LogP contribution in [0, 0.1) is 11.3 Å². The monoisotopic (exact) mass is 238 g/mol. The van der Waals surface area contributed by atoms with Crippen molar-refractivity contribution in [3.63, 3.8) is 0 Å². The summed E-state index contributed by atoms with van der Waals surface area (Å²) >= 11 is 0. The lowest BCUT2D eigenvalue weighted by atomic mass is 9.72. The first-order valence-corrected chi connectivity index (χ1v) is 7.19. The summed E-state index contributed by atoms with van der Waals surface area (Å²) in [6, 6.07) is 0.335. The molecule has 3 N–H and O–H groups in total. The normalized spacial score (nSPS) is 26.0. The van der Waals surface area contributed by atoms with Gasteiger partial charge in [-0.3, -0.25) is 4.79 Å². The molecule has 0 saturated heterocycles. The first-order chi connectivity index (χ1) is 8.18. The predicted octanol–water partition coefficient (Wildman–Crippen LogP) is 2.20. The number of hydrogen-bond acceptors (Lipinski definition) is 2. The number of nitrogens with one attached hydrogen (secondary N) is 1. The van der Waals surface area contributed by atoms with E-state index >= 15 is 0 Å². The molecule has 1 atom stereocenters. The molecule has 0 aromatic rings. The highest BCUT2D eigenvalue weighted by molar-refractivity contribution is 5.83. The highest BCUT2D eigenvalue weighted by Gasteiger charge is 2.39. The summed E-state index contributed by atoms with van der Waals surface area (Å²) in [5, 5.41) is 3.22. The van der Waals surface area contributed by atoms with Crippen LogP contribution < -0.4 is 11.1 Å². The molecule has 2 saturated carbocycles. The molecule has 0 heterocycles. The van der Waals surface area contributed by atoms with Gasteiger partial charge in [-0.1, -0.05) is 25.7 Å². The van der Waals surface area contributed by atoms with Gasteiger partial charge in [0.2, 0.25) is 5.91 Å². The summed E-state index contributed by atoms with van der Waals surface area (Å²) in [7, 11) is 0. The fraction of sp³-hybridized carbons (Fsp3) is 0.929. The Kier molecular flexibility index (Phi) is 4.08. The summed E-state index contributed by atoms with van der Waals surface area (Å²) in [5.74, 6) is 0.927. The van der Waals surface area contributed by atoms with Gasteiger partial charge in [0, 0.05) is 12.6 Å². The van der Waals surface area contributed by atoms with Crippen molar-refractivity contribution in [2.45, 2.75) is 64.3 Å². The van der Waals surface area contributed by atoms with Crippen molar-refractivity contribution >= 4 is 5.91 Å². The predicted molar refractivity (Wildman–Crippen MR) is 69.5 cm³/mol. The van der Waals surface area contributed by atoms with Gasteiger partial charge >= 0.3 is 0 Å². The van der Waals surface area contributed by atoms with Gasteiger partial charge in [-0.2, -0.15) is 0 Å². The maximum absolute atomic E-state index is 12.4. The van der Waals surface area contributed by atoms with Gasteiger partial charge in [-0.15, -0.1) is 0 Å². The molecule has 3 nitrogen and oxygen atoms in total. The zero-order chi connectivity index (χ0) is 12.3. The van der Waals surface area contributed by atoms with Gasteiger partial charge in [0.25, 0.3) is 0 Å². The van der Waals surface area contributed by atoms with Crippen LogP contribution in [0.2, 0.25) is 0 Å². The molecule has 2 aliphatic rings. The van der Waals surface area contributed by atoms with Crippen molar-refractivity contribution in [3.05, 3.63) is 0 Å². The lowest BCUT2D eigenvalue weighted by Gasteiger charge is -2.38. The lowest BCUT2D eigenvalue weighted by Crippen LogP contribution is -2.51. The fourth-order valence-electron chi connectivity index (χ4n) is 3.17. The van der Waals surface area contributed by atoms with Gasteiger partial charge in [0.05, 0.1) is 5.41 Å². The molecule has 2 rings (SSSR count). The molecule has 3 heteroatoms. The van der Waals surface area contributed by atoms with Crippen LogP contribution in [0.5, 0.6) is 0 Å². The zero-order valence-electron chi connectivity index (χ0n) is 11.0. The van der Waals surface area contributed by atoms with Crippen molar-refractivity contribution in [1.82, 2.24) is 5.32 Å². The number of rotatable bonds is 4. The second-order valence-corrected chi connectivity index (χ2v) is 6.00. The van der Waals surface area contributed by atoms with Crippen molar-refractivity contribution in [2.75, 3.05) is 6.54 Å². The van der Waals surface area contributed by atoms with E-state index in [1.54, 1.807) is 0 Å². The maximum atomic E-state index is 12.4. The topological polar surface area (TPSA) is 55.1 Å². The van der Waals surface area contributed by atoms with Gasteiger partial charge in [-0.05, 0) is 38.5 Å². The minimum absolute atomic E-state index is 0.221. The van der Waals surface area contributed by atoms with Crippen molar-refractivity contribution < 1.29 is 4.79 Å². The highest BCUT2D eigenvalue weighted by Crippen LogP contribution is 2.36. The summed E-state index contributed by atoms with van der Waals surface area (Å²) < 4.78 is 0. The quantitative estimate of drug-likeness (QED) is 0.789. The minimum Gasteiger partial charge on any atom is -0.353 e. The Balaban J connectivity index is 1.91. The molecular weight excluding hydrogens is 212 g/mol. The standard InChI is InChI=1S/C14H26N2O/c1-11(12-6-5-7-12)16-13(17)14(10-15)8-3-2-4-9-14/h11-12H,2-10,15H2,1H3,(H,16,17). The number of amides is 1. The maximum Gasteiger partial charge on any atom is 0.227 e. The molecule has 2 aliphatic carbocycles. The van der Waals surface area contributed by atoms with Crippen molar-refractivity contribution in [2.24, 2.45) is 17.1 Å². The third-order valence-electron chi connectivity index (χ3n) is 4.90. The molecule has 0 radical (unpaired) electrons. The van der Waals surface area contributed by atoms with E-state index in [4.69, 9.17) is 5.73 Å². The van der Waals surface area contributed by atoms with E-state index in [2.05, 4.69) is 12.2 Å². The van der Waals surface area contributed by atoms with Crippen LogP contribution in [0.4, 0.5) is 0 Å². The third-order valence-corrected chi connectivity index (χ3v) is 4.90. The molecule has 17 heavy (non-hydrogen) atoms. The van der Waals surface area contributed by atoms with E-state index in [-0.39, 0.29) is 11.3 Å². The molecule has 1 amide bonds. The smallest absolute Gasteiger partial charge is 0.227 e. The largest absolute Gasteiger partial charge is 0.353 e. The Morgan fingerprint density at radius 1 is 1.29 bits per heavy atom. The second kappa shape index (κ2) is 5.38. The van der Waals surface area contributed by atoms with Crippen LogP contribution in [0.3, 0.4) is 0 Å². The van der Waals surface area contributed by atoms with E-state index < -0.39 is 0 Å². The number of hydrogen-bond donors (Lipinski definition) is 2. The van der Waals surface area contributed by atoms with E-state index in [0.717, 1.165) is 25.7 Å². The van der Waals surface area contributed by atoms with Gasteiger partial charge in [0.15, 0.2) is 0 Å². The Morgan fingerprint density at radius 2 is 1.94 bits per heavy atom. The van der Waals surface area contributed by atoms with Crippen molar-refractivity contribution in [1.29, 1.82) is 0 Å². The van der Waals surface area contributed by atoms with E-state index in [1.165, 1.54) is 25.7 Å². The molecule has 98 valence electrons. The average Bonchev–Trinajstić information content (AvgIpc) is 2.27. The van der Waals surface area contributed by atoms with Crippen molar-refractivity contribution in [3.8, 4) is 0 Å². The third kappa shape index (κ3) is 2.65. The molecule has 0 aromatic carbocycles. The SMILES string of the molecule is CC(NC(=O)C1(CN)CCCCC1)C1CCC1. The average molecular weight is 238 g/mol. The Labute approximate surface area is 105 Å². The van der Waals surface area contributed by atoms with Crippen LogP contribution >= 0.6 is 0 Å². The summed E-state index contributed by atoms with van der Waals surface area (Å²) in [5.41, 5.74) is 5.62. The summed E-state index contributed by atoms with van der Waals surface area (Å²) in [4.78, 5) is 12.4. The van der Waals surface area contributed by atoms with Gasteiger partial charge < -0.3 is 11.1 Å². The van der Waals surface area contributed by atoms with Crippen LogP contribution in [0.25, 0.3) is 0 Å². The van der Waals surface area contributed by atoms with Crippen LogP contribution in [-0.4, -0.2) is 18.5 Å². The number of carbonyl (C=O) groups excluding carboxylic acids is 1. The molecule has 0 aromatic heterocycles. The van der Waals surface area contributed by atoms with E-state index in [1.807, 2.05) is 0 Å². The molecule has 0 spiro atoms. The molecule has 2 fully saturated rings. The van der Waals surface area contributed by atoms with Gasteiger partial charge in [-0.25, -0.2) is 0 Å². The summed E-state index contributed by atoms with van der Waals surface area (Å²) in [6.07, 6.45) is 9.40. The zero-order valence-corrected chi connectivity index (χ0v) is 11.0. The fourth-order valence-corrected chi connectivity index (χ4v) is 3.17. The Hall–Kier alpha value is -0.570. The van der Waals surface area contributed by atoms with Crippen LogP contribution in [0.1, 0.15) is 58.3 Å². The minimum atomic E-state index is -0.254. The van der Waals surface area contributed by atoms with Crippen LogP contribution in [0.15, 0.2) is 0 Å². The first-order valence-electron chi connectivity index (χ1n) is 7.19. The number of nitrogens with two attached hydrogens (primary N) is 1. The first kappa shape index (κ1) is 12.9. The molecule has 1 unspecified atom stereocenters. The van der Waals surface area contributed by atoms with E-state index in [0.29, 0.717) is 18.5 Å². The van der Waals surface area contributed by atoms with Crippen LogP contribution in [-0.2, 0) is 4.79 Å². The highest BCUT2D eigenvalue weighted by atomic mass is 16.2. The number of carbonyl (C=O) groups is 1. The Bertz CT molecular complexity index is 267. The molecule has 0 bridgehead atoms. The van der Waals surface area contributed by atoms with Gasteiger partial charge in [0.1, 0.15) is 0 Å². The molecule has 0 aliphatic heterocycles. The lowest BCUT2D eigenvalue weighted by molar-refractivity contribution is -0.133. The summed E-state index contributed by atoms with van der Waals surface area (Å²) in [6.45, 7) is 2.66. The Morgan fingerprint density at radius 3 is 2.41 bits per heavy atom. The second-order valence-electron chi connectivity index (χ2n) is 6.00. The molecular formula is C14H26N2O.